The van der Waals surface area contributed by atoms with Gasteiger partial charge in [0.05, 0.1) is 63.1 Å². The molecule has 5 aromatic heterocycles. The highest BCUT2D eigenvalue weighted by molar-refractivity contribution is 6.33. The Kier molecular flexibility index (Phi) is 29.8. The highest BCUT2D eigenvalue weighted by atomic mass is 35.5. The van der Waals surface area contributed by atoms with E-state index in [1.165, 1.54) is 42.5 Å². The van der Waals surface area contributed by atoms with Crippen molar-refractivity contribution in [3.8, 4) is 28.7 Å². The maximum atomic E-state index is 13.4. The van der Waals surface area contributed by atoms with E-state index in [1.807, 2.05) is 135 Å². The molecule has 4 N–H and O–H groups in total. The summed E-state index contributed by atoms with van der Waals surface area (Å²) in [5, 5.41) is 18.5. The zero-order valence-electron chi connectivity index (χ0n) is 79.0. The molecule has 0 saturated carbocycles. The Morgan fingerprint density at radius 2 is 0.792 bits per heavy atom. The number of nitrogens with zero attached hydrogens (tertiary/aromatic N) is 13. The third-order valence-electron chi connectivity index (χ3n) is 25.2. The molecule has 2 spiro atoms. The lowest BCUT2D eigenvalue weighted by Crippen LogP contribution is -2.35. The fourth-order valence-electron chi connectivity index (χ4n) is 17.6. The van der Waals surface area contributed by atoms with Crippen LogP contribution in [0.3, 0.4) is 0 Å². The number of benzene rings is 11. The zero-order valence-corrected chi connectivity index (χ0v) is 81.3. The van der Waals surface area contributed by atoms with Crippen LogP contribution in [0.1, 0.15) is 81.4 Å². The Balaban J connectivity index is 0.000000117. The van der Waals surface area contributed by atoms with Crippen molar-refractivity contribution in [2.45, 2.75) is 115 Å². The second kappa shape index (κ2) is 44.5. The smallest absolute Gasteiger partial charge is 0.188 e. The van der Waals surface area contributed by atoms with E-state index in [-0.39, 0.29) is 48.1 Å². The zero-order chi connectivity index (χ0) is 98.3. The minimum absolute atomic E-state index is 0.0339. The number of halogens is 5. The lowest BCUT2D eigenvalue weighted by Gasteiger charge is -2.28. The van der Waals surface area contributed by atoms with Crippen molar-refractivity contribution < 1.29 is 60.9 Å². The summed E-state index contributed by atoms with van der Waals surface area (Å²) in [6.07, 6.45) is 14.1. The van der Waals surface area contributed by atoms with Gasteiger partial charge in [-0.1, -0.05) is 113 Å². The molecule has 0 bridgehead atoms. The van der Waals surface area contributed by atoms with Crippen LogP contribution in [-0.4, -0.2) is 158 Å². The highest BCUT2D eigenvalue weighted by Gasteiger charge is 2.40. The molecule has 23 rings (SSSR count). The number of aliphatic imine (C=N–C) groups is 4. The molecule has 0 amide bonds. The van der Waals surface area contributed by atoms with Gasteiger partial charge in [0.25, 0.3) is 0 Å². The Labute approximate surface area is 844 Å². The summed E-state index contributed by atoms with van der Waals surface area (Å²) < 4.78 is 90.2. The number of aryl methyl sites for hydroxylation is 3. The average Bonchev–Trinajstić information content (AvgIpc) is 1.53. The van der Waals surface area contributed by atoms with Crippen LogP contribution in [0.15, 0.2) is 282 Å². The molecular weight excluding hydrogens is 1890 g/mol. The lowest BCUT2D eigenvalue weighted by atomic mass is 9.92. The van der Waals surface area contributed by atoms with Crippen LogP contribution in [0, 0.1) is 32.4 Å². The summed E-state index contributed by atoms with van der Waals surface area (Å²) in [5.41, 5.74) is 16.4. The molecule has 7 aliphatic rings. The molecular formula is C111H100Cl3F2N17O11. The van der Waals surface area contributed by atoms with Crippen LogP contribution in [0.25, 0.3) is 43.6 Å². The number of rotatable bonds is 27. The monoisotopic (exact) mass is 1990 g/mol. The Bertz CT molecular complexity index is 7530. The summed E-state index contributed by atoms with van der Waals surface area (Å²) in [5.74, 6) is 8.38. The van der Waals surface area contributed by atoms with E-state index in [4.69, 9.17) is 96.9 Å². The number of ether oxygens (including phenoxy) is 11. The predicted molar refractivity (Wildman–Crippen MR) is 555 cm³/mol. The summed E-state index contributed by atoms with van der Waals surface area (Å²) >= 11 is 19.5. The van der Waals surface area contributed by atoms with Crippen LogP contribution < -0.4 is 40.2 Å². The van der Waals surface area contributed by atoms with Crippen LogP contribution in [0.4, 0.5) is 54.8 Å². The van der Waals surface area contributed by atoms with E-state index in [9.17, 15) is 8.78 Å². The minimum Gasteiger partial charge on any atom is -0.487 e. The van der Waals surface area contributed by atoms with Gasteiger partial charge in [0.2, 0.25) is 0 Å². The Hall–Kier alpha value is -15.2. The SMILES string of the molecule is Cc1ccc(Oc2ccc(Nc3ncnc4ccc(CC5=NC6(CCOCC6)CO5)cc34)cc2C)cn1.Cc1cccc(COc2ccc(Nc3ncnc4ccc(CC5=NCCO5)cc34)cc2Cl)c1.Fc1cccc(COc2ccc(Nc3ncnc4ccc(CC5=NC6(CCOCC6)CO5)cc34)cc2Cl)c1.Fc1cccc(COc2ccc(Nc3ncnc4ccc(CC5=NC6COCC6O5)cc34)cc2Cl)c1. The van der Waals surface area contributed by atoms with Gasteiger partial charge in [-0.25, -0.2) is 63.6 Å². The van der Waals surface area contributed by atoms with Crippen molar-refractivity contribution in [2.24, 2.45) is 20.0 Å². The fraction of sp³-hybridized carbons (Fsp3) is 0.252. The number of pyridine rings is 1. The van der Waals surface area contributed by atoms with Gasteiger partial charge in [-0.2, -0.15) is 0 Å². The van der Waals surface area contributed by atoms with Gasteiger partial charge >= 0.3 is 0 Å². The van der Waals surface area contributed by atoms with Crippen LogP contribution in [-0.2, 0) is 78.7 Å². The lowest BCUT2D eigenvalue weighted by molar-refractivity contribution is 0.0440. The molecule has 144 heavy (non-hydrogen) atoms. The first-order valence-corrected chi connectivity index (χ1v) is 48.6. The second-order valence-electron chi connectivity index (χ2n) is 35.9. The van der Waals surface area contributed by atoms with Gasteiger partial charge in [0.15, 0.2) is 23.6 Å². The van der Waals surface area contributed by atoms with E-state index in [0.29, 0.717) is 121 Å². The molecule has 7 aliphatic heterocycles. The van der Waals surface area contributed by atoms with Crippen molar-refractivity contribution in [3.05, 3.63) is 344 Å². The molecule has 16 aromatic rings. The predicted octanol–water partition coefficient (Wildman–Crippen LogP) is 23.3. The maximum Gasteiger partial charge on any atom is 0.188 e. The third-order valence-corrected chi connectivity index (χ3v) is 26.1. The molecule has 33 heteroatoms. The maximum absolute atomic E-state index is 13.4. The molecule has 2 unspecified atom stereocenters. The van der Waals surface area contributed by atoms with Gasteiger partial charge in [-0.05, 0) is 249 Å². The standard InChI is InChI=1S/C29H26ClFN4O3.C29H29N5O3.C27H22ClFN4O3.C26H23ClN4O2/c30-24-15-22(5-7-26(24)37-16-20-2-1-3-21(31)12-20)34-28-23-13-19(4-6-25(23)32-18-33-28)14-27-35-29(17-38-27)8-10-36-11-9-29;1-19-13-22(5-8-26(19)37-23-6-3-20(2)30-16-23)33-28-24-14-21(4-7-25(24)31-18-32-28)15-27-34-29(17-36-27)9-11-35-12-10-29;28-21-11-19(5-7-24(21)35-12-17-2-1-3-18(29)8-17)32-27-20-9-16(4-6-22(20)30-15-31-27)10-26-33-23-13-34-14-25(23)36-26;1-17-3-2-4-19(11-17)15-33-24-8-6-20(14-22(24)27)31-26-21-12-18(13-25-28-9-10-32-25)5-7-23(21)29-16-30-26/h1-7,12-13,15,18H,8-11,14,16-17H2,(H,32,33,34);3-8,13-14,16,18H,9-12,15,17H2,1-2H3,(H,31,32,33);1-9,11,15,23,25H,10,12-14H2,(H,30,31,32);2-8,11-12,14,16H,9-10,13,15H2,1H3,(H,29,30,31). The number of fused-ring (bicyclic) bond motifs is 5. The van der Waals surface area contributed by atoms with Crippen molar-refractivity contribution in [2.75, 3.05) is 87.3 Å². The van der Waals surface area contributed by atoms with Crippen molar-refractivity contribution in [1.29, 1.82) is 0 Å². The summed E-state index contributed by atoms with van der Waals surface area (Å²) in [4.78, 5) is 58.8. The van der Waals surface area contributed by atoms with Gasteiger partial charge in [-0.15, -0.1) is 0 Å². The van der Waals surface area contributed by atoms with Crippen LogP contribution in [0.5, 0.6) is 28.7 Å². The van der Waals surface area contributed by atoms with E-state index >= 15 is 0 Å². The summed E-state index contributed by atoms with van der Waals surface area (Å²) in [7, 11) is 0. The molecule has 2 atom stereocenters. The number of nitrogens with one attached hydrogen (secondary N) is 4. The molecule has 11 aromatic carbocycles. The van der Waals surface area contributed by atoms with Crippen molar-refractivity contribution in [3.63, 3.8) is 0 Å². The highest BCUT2D eigenvalue weighted by Crippen LogP contribution is 2.40. The first kappa shape index (κ1) is 96.3. The Morgan fingerprint density at radius 3 is 1.19 bits per heavy atom. The summed E-state index contributed by atoms with van der Waals surface area (Å²) in [6.45, 7) is 13.7. The first-order chi connectivity index (χ1) is 70.3. The van der Waals surface area contributed by atoms with E-state index in [1.54, 1.807) is 67.4 Å². The molecule has 12 heterocycles. The second-order valence-corrected chi connectivity index (χ2v) is 37.2. The van der Waals surface area contributed by atoms with Crippen molar-refractivity contribution in [1.82, 2.24) is 44.9 Å². The van der Waals surface area contributed by atoms with E-state index < -0.39 is 0 Å². The molecule has 3 saturated heterocycles. The van der Waals surface area contributed by atoms with Crippen LogP contribution in [0.2, 0.25) is 15.1 Å². The number of hydrogen-bond donors (Lipinski definition) is 4. The fourth-order valence-corrected chi connectivity index (χ4v) is 18.3. The number of hydrogen-bond acceptors (Lipinski definition) is 28. The number of anilines is 8. The average molecular weight is 1990 g/mol. The van der Waals surface area contributed by atoms with Crippen molar-refractivity contribution >= 4 is 148 Å². The normalized spacial score (nSPS) is 16.1. The van der Waals surface area contributed by atoms with Gasteiger partial charge in [-0.3, -0.25) is 9.98 Å². The summed E-state index contributed by atoms with van der Waals surface area (Å²) in [6, 6.07) is 71.6. The third kappa shape index (κ3) is 24.4. The van der Waals surface area contributed by atoms with Gasteiger partial charge < -0.3 is 73.4 Å². The quantitative estimate of drug-likeness (QED) is 0.0372. The molecule has 0 aliphatic carbocycles. The first-order valence-electron chi connectivity index (χ1n) is 47.5. The number of aromatic nitrogens is 9. The van der Waals surface area contributed by atoms with Gasteiger partial charge in [0, 0.05) is 102 Å². The molecule has 3 fully saturated rings. The molecule has 0 radical (unpaired) electrons. The van der Waals surface area contributed by atoms with Crippen LogP contribution >= 0.6 is 34.8 Å². The van der Waals surface area contributed by atoms with Gasteiger partial charge in [0.1, 0.15) is 152 Å². The largest absolute Gasteiger partial charge is 0.487 e. The Morgan fingerprint density at radius 1 is 0.375 bits per heavy atom. The molecule has 730 valence electrons. The minimum atomic E-state index is -0.303. The molecule has 28 nitrogen and oxygen atoms in total. The van der Waals surface area contributed by atoms with E-state index in [0.717, 1.165) is 210 Å². The topological polar surface area (TPSA) is 315 Å². The van der Waals surface area contributed by atoms with E-state index in [2.05, 4.69) is 119 Å².